The van der Waals surface area contributed by atoms with Crippen molar-refractivity contribution in [2.75, 3.05) is 26.2 Å². The molecule has 2 heteroatoms. The fraction of sp³-hybridized carbons (Fsp3) is 1.00. The first kappa shape index (κ1) is 13.6. The molecule has 4 rings (SSSR count). The van der Waals surface area contributed by atoms with Crippen molar-refractivity contribution in [3.05, 3.63) is 0 Å². The summed E-state index contributed by atoms with van der Waals surface area (Å²) in [6.07, 6.45) is 14.8. The van der Waals surface area contributed by atoms with Gasteiger partial charge in [0.15, 0.2) is 0 Å². The zero-order chi connectivity index (χ0) is 13.4. The zero-order valence-corrected chi connectivity index (χ0v) is 13.1. The first-order chi connectivity index (χ1) is 9.85. The highest BCUT2D eigenvalue weighted by Crippen LogP contribution is 2.49. The van der Waals surface area contributed by atoms with Gasteiger partial charge in [0.2, 0.25) is 0 Å². The van der Waals surface area contributed by atoms with Gasteiger partial charge in [-0.15, -0.1) is 0 Å². The molecule has 2 nitrogen and oxygen atoms in total. The minimum absolute atomic E-state index is 0.492. The fourth-order valence-electron chi connectivity index (χ4n) is 4.97. The molecular formula is C18H32N2. The van der Waals surface area contributed by atoms with Gasteiger partial charge in [0, 0.05) is 18.6 Å². The van der Waals surface area contributed by atoms with Gasteiger partial charge in [-0.1, -0.05) is 19.3 Å². The van der Waals surface area contributed by atoms with E-state index in [1.807, 2.05) is 0 Å². The van der Waals surface area contributed by atoms with Gasteiger partial charge in [0.25, 0.3) is 0 Å². The molecule has 0 aromatic heterocycles. The Labute approximate surface area is 124 Å². The summed E-state index contributed by atoms with van der Waals surface area (Å²) < 4.78 is 0. The second kappa shape index (κ2) is 5.61. The smallest absolute Gasteiger partial charge is 0.0308 e. The van der Waals surface area contributed by atoms with Crippen molar-refractivity contribution in [2.24, 2.45) is 17.8 Å². The Kier molecular flexibility index (Phi) is 3.80. The van der Waals surface area contributed by atoms with E-state index in [1.54, 1.807) is 25.7 Å². The predicted octanol–water partition coefficient (Wildman–Crippen LogP) is 3.42. The van der Waals surface area contributed by atoms with Crippen molar-refractivity contribution in [1.82, 2.24) is 10.2 Å². The van der Waals surface area contributed by atoms with E-state index in [-0.39, 0.29) is 0 Å². The molecule has 4 fully saturated rings. The summed E-state index contributed by atoms with van der Waals surface area (Å²) in [6.45, 7) is 5.39. The maximum Gasteiger partial charge on any atom is 0.0308 e. The quantitative estimate of drug-likeness (QED) is 0.846. The summed E-state index contributed by atoms with van der Waals surface area (Å²) in [5, 5.41) is 3.95. The summed E-state index contributed by atoms with van der Waals surface area (Å²) in [5.41, 5.74) is 0.492. The number of hydrogen-bond acceptors (Lipinski definition) is 2. The Bertz CT molecular complexity index is 314. The van der Waals surface area contributed by atoms with Crippen molar-refractivity contribution in [3.8, 4) is 0 Å². The van der Waals surface area contributed by atoms with Crippen LogP contribution in [-0.4, -0.2) is 36.6 Å². The maximum absolute atomic E-state index is 3.95. The number of nitrogens with zero attached hydrogens (tertiary/aromatic N) is 1. The average molecular weight is 276 g/mol. The normalized spacial score (nSPS) is 31.6. The Morgan fingerprint density at radius 3 is 2.30 bits per heavy atom. The fourth-order valence-corrected chi connectivity index (χ4v) is 4.97. The van der Waals surface area contributed by atoms with E-state index in [9.17, 15) is 0 Å². The van der Waals surface area contributed by atoms with E-state index in [2.05, 4.69) is 10.2 Å². The Balaban J connectivity index is 1.40. The molecule has 0 bridgehead atoms. The van der Waals surface area contributed by atoms with Crippen LogP contribution in [0.15, 0.2) is 0 Å². The second-order valence-electron chi connectivity index (χ2n) is 8.20. The van der Waals surface area contributed by atoms with Gasteiger partial charge in [-0.3, -0.25) is 0 Å². The van der Waals surface area contributed by atoms with Crippen LogP contribution in [0.3, 0.4) is 0 Å². The van der Waals surface area contributed by atoms with Gasteiger partial charge in [0.1, 0.15) is 0 Å². The third-order valence-electron chi connectivity index (χ3n) is 6.41. The Morgan fingerprint density at radius 1 is 0.950 bits per heavy atom. The third kappa shape index (κ3) is 3.06. The van der Waals surface area contributed by atoms with Gasteiger partial charge in [-0.2, -0.15) is 0 Å². The van der Waals surface area contributed by atoms with E-state index in [0.29, 0.717) is 5.54 Å². The van der Waals surface area contributed by atoms with Crippen LogP contribution in [0.4, 0.5) is 0 Å². The lowest BCUT2D eigenvalue weighted by Crippen LogP contribution is -2.53. The first-order valence-electron chi connectivity index (χ1n) is 9.32. The van der Waals surface area contributed by atoms with E-state index < -0.39 is 0 Å². The lowest BCUT2D eigenvalue weighted by atomic mass is 9.81. The first-order valence-corrected chi connectivity index (χ1v) is 9.32. The lowest BCUT2D eigenvalue weighted by molar-refractivity contribution is 0.138. The minimum Gasteiger partial charge on any atom is -0.310 e. The summed E-state index contributed by atoms with van der Waals surface area (Å²) in [7, 11) is 0. The van der Waals surface area contributed by atoms with Crippen LogP contribution in [0.25, 0.3) is 0 Å². The van der Waals surface area contributed by atoms with Crippen LogP contribution in [-0.2, 0) is 0 Å². The number of nitrogens with one attached hydrogen (secondary N) is 1. The standard InChI is InChI=1S/C18H32N2/c1-2-9-18(10-3-1)14-20(12-4-11-19-18)13-17(15-5-6-15)16-7-8-16/h15-17,19H,1-14H2. The SMILES string of the molecule is C1CCC2(CC1)CN(CC(C1CC1)C1CC1)CCCN2. The largest absolute Gasteiger partial charge is 0.310 e. The molecule has 0 radical (unpaired) electrons. The molecule has 0 aromatic rings. The highest BCUT2D eigenvalue weighted by atomic mass is 15.2. The molecule has 1 heterocycles. The zero-order valence-electron chi connectivity index (χ0n) is 13.1. The minimum atomic E-state index is 0.492. The molecule has 0 unspecified atom stereocenters. The molecule has 4 aliphatic rings. The van der Waals surface area contributed by atoms with Gasteiger partial charge < -0.3 is 10.2 Å². The van der Waals surface area contributed by atoms with Crippen molar-refractivity contribution in [1.29, 1.82) is 0 Å². The van der Waals surface area contributed by atoms with Crippen molar-refractivity contribution >= 4 is 0 Å². The summed E-state index contributed by atoms with van der Waals surface area (Å²) in [6, 6.07) is 0. The predicted molar refractivity (Wildman–Crippen MR) is 83.8 cm³/mol. The van der Waals surface area contributed by atoms with E-state index in [1.165, 1.54) is 64.7 Å². The molecule has 1 spiro atoms. The maximum atomic E-state index is 3.95. The van der Waals surface area contributed by atoms with E-state index in [4.69, 9.17) is 0 Å². The highest BCUT2D eigenvalue weighted by molar-refractivity contribution is 4.98. The lowest BCUT2D eigenvalue weighted by Gasteiger charge is -2.41. The Morgan fingerprint density at radius 2 is 1.65 bits per heavy atom. The van der Waals surface area contributed by atoms with Crippen molar-refractivity contribution < 1.29 is 0 Å². The van der Waals surface area contributed by atoms with Gasteiger partial charge >= 0.3 is 0 Å². The molecule has 1 saturated heterocycles. The van der Waals surface area contributed by atoms with Crippen molar-refractivity contribution in [2.45, 2.75) is 69.7 Å². The molecule has 20 heavy (non-hydrogen) atoms. The number of rotatable bonds is 4. The van der Waals surface area contributed by atoms with Crippen LogP contribution < -0.4 is 5.32 Å². The molecule has 1 N–H and O–H groups in total. The number of hydrogen-bond donors (Lipinski definition) is 1. The van der Waals surface area contributed by atoms with Crippen LogP contribution in [0.5, 0.6) is 0 Å². The molecule has 1 aliphatic heterocycles. The molecule has 0 amide bonds. The van der Waals surface area contributed by atoms with Crippen molar-refractivity contribution in [3.63, 3.8) is 0 Å². The topological polar surface area (TPSA) is 15.3 Å². The molecule has 3 saturated carbocycles. The highest BCUT2D eigenvalue weighted by Gasteiger charge is 2.43. The average Bonchev–Trinajstić information content (AvgIpc) is 3.31. The second-order valence-corrected chi connectivity index (χ2v) is 8.20. The summed E-state index contributed by atoms with van der Waals surface area (Å²) in [4.78, 5) is 2.87. The van der Waals surface area contributed by atoms with Crippen LogP contribution in [0.2, 0.25) is 0 Å². The van der Waals surface area contributed by atoms with Crippen LogP contribution in [0.1, 0.15) is 64.2 Å². The Hall–Kier alpha value is -0.0800. The van der Waals surface area contributed by atoms with Gasteiger partial charge in [-0.25, -0.2) is 0 Å². The van der Waals surface area contributed by atoms with E-state index >= 15 is 0 Å². The molecule has 0 atom stereocenters. The third-order valence-corrected chi connectivity index (χ3v) is 6.41. The van der Waals surface area contributed by atoms with E-state index in [0.717, 1.165) is 17.8 Å². The monoisotopic (exact) mass is 276 g/mol. The van der Waals surface area contributed by atoms with Gasteiger partial charge in [-0.05, 0) is 75.8 Å². The van der Waals surface area contributed by atoms with Crippen LogP contribution >= 0.6 is 0 Å². The van der Waals surface area contributed by atoms with Gasteiger partial charge in [0.05, 0.1) is 0 Å². The molecule has 114 valence electrons. The van der Waals surface area contributed by atoms with Crippen LogP contribution in [0, 0.1) is 17.8 Å². The molecule has 3 aliphatic carbocycles. The summed E-state index contributed by atoms with van der Waals surface area (Å²) >= 11 is 0. The summed E-state index contributed by atoms with van der Waals surface area (Å²) in [5.74, 6) is 3.29. The molecular weight excluding hydrogens is 244 g/mol. The molecule has 0 aromatic carbocycles.